The van der Waals surface area contributed by atoms with Gasteiger partial charge in [0.15, 0.2) is 0 Å². The minimum absolute atomic E-state index is 0.581. The zero-order chi connectivity index (χ0) is 13.2. The van der Waals surface area contributed by atoms with E-state index in [4.69, 9.17) is 4.42 Å². The van der Waals surface area contributed by atoms with Gasteiger partial charge in [-0.3, -0.25) is 0 Å². The monoisotopic (exact) mass is 321 g/mol. The van der Waals surface area contributed by atoms with E-state index in [2.05, 4.69) is 31.4 Å². The third-order valence-corrected chi connectivity index (χ3v) is 3.86. The van der Waals surface area contributed by atoms with E-state index in [0.29, 0.717) is 17.8 Å². The molecule has 3 rings (SSSR count). The van der Waals surface area contributed by atoms with Crippen molar-refractivity contribution in [3.05, 3.63) is 34.1 Å². The fourth-order valence-electron chi connectivity index (χ4n) is 1.94. The maximum Gasteiger partial charge on any atom is 0.248 e. The summed E-state index contributed by atoms with van der Waals surface area (Å²) in [5.74, 6) is 1.27. The van der Waals surface area contributed by atoms with E-state index in [9.17, 15) is 0 Å². The van der Waals surface area contributed by atoms with E-state index in [-0.39, 0.29) is 0 Å². The Balaban J connectivity index is 1.70. The van der Waals surface area contributed by atoms with Crippen molar-refractivity contribution in [2.75, 3.05) is 6.54 Å². The molecule has 0 spiro atoms. The molecule has 100 valence electrons. The summed E-state index contributed by atoms with van der Waals surface area (Å²) in [4.78, 5) is 0. The lowest BCUT2D eigenvalue weighted by Crippen LogP contribution is -2.19. The second-order valence-corrected chi connectivity index (χ2v) is 5.82. The zero-order valence-electron chi connectivity index (χ0n) is 10.8. The highest BCUT2D eigenvalue weighted by Gasteiger charge is 2.20. The van der Waals surface area contributed by atoms with Gasteiger partial charge in [-0.1, -0.05) is 11.6 Å². The molecule has 5 heteroatoms. The maximum absolute atomic E-state index is 5.72. The molecule has 0 bridgehead atoms. The van der Waals surface area contributed by atoms with Crippen LogP contribution in [0.25, 0.3) is 11.5 Å². The van der Waals surface area contributed by atoms with E-state index >= 15 is 0 Å². The van der Waals surface area contributed by atoms with Crippen LogP contribution in [0, 0.1) is 6.92 Å². The molecule has 0 amide bonds. The Morgan fingerprint density at radius 3 is 3.00 bits per heavy atom. The molecule has 0 aliphatic heterocycles. The second kappa shape index (κ2) is 5.43. The molecule has 0 radical (unpaired) electrons. The summed E-state index contributed by atoms with van der Waals surface area (Å²) in [6.45, 7) is 2.95. The number of nitrogens with zero attached hydrogens (tertiary/aromatic N) is 2. The molecule has 1 heterocycles. The number of rotatable bonds is 5. The predicted octanol–water partition coefficient (Wildman–Crippen LogP) is 3.10. The highest BCUT2D eigenvalue weighted by atomic mass is 79.9. The fourth-order valence-corrected chi connectivity index (χ4v) is 2.35. The van der Waals surface area contributed by atoms with Gasteiger partial charge in [-0.05, 0) is 47.8 Å². The Hall–Kier alpha value is -1.20. The van der Waals surface area contributed by atoms with Gasteiger partial charge in [-0.15, -0.1) is 10.2 Å². The highest BCUT2D eigenvalue weighted by molar-refractivity contribution is 9.10. The normalized spacial score (nSPS) is 14.8. The van der Waals surface area contributed by atoms with Crippen LogP contribution in [-0.2, 0) is 6.42 Å². The average molecular weight is 322 g/mol. The topological polar surface area (TPSA) is 51.0 Å². The molecule has 0 atom stereocenters. The quantitative estimate of drug-likeness (QED) is 0.919. The lowest BCUT2D eigenvalue weighted by Gasteiger charge is -2.01. The lowest BCUT2D eigenvalue weighted by molar-refractivity contribution is 0.494. The van der Waals surface area contributed by atoms with E-state index in [1.54, 1.807) is 0 Å². The van der Waals surface area contributed by atoms with Crippen LogP contribution in [-0.4, -0.2) is 22.8 Å². The molecule has 1 N–H and O–H groups in total. The second-order valence-electron chi connectivity index (χ2n) is 4.96. The number of hydrogen-bond acceptors (Lipinski definition) is 4. The number of benzene rings is 1. The number of aromatic nitrogens is 2. The highest BCUT2D eigenvalue weighted by Crippen LogP contribution is 2.28. The third-order valence-electron chi connectivity index (χ3n) is 3.17. The van der Waals surface area contributed by atoms with Gasteiger partial charge in [0, 0.05) is 23.5 Å². The SMILES string of the molecule is Cc1ccc(Br)c(-c2nnc(CCNC3CC3)o2)c1. The predicted molar refractivity (Wildman–Crippen MR) is 76.9 cm³/mol. The molecule has 0 unspecified atom stereocenters. The molecular weight excluding hydrogens is 306 g/mol. The number of halogens is 1. The molecule has 1 aliphatic carbocycles. The van der Waals surface area contributed by atoms with Crippen LogP contribution in [0.3, 0.4) is 0 Å². The summed E-state index contributed by atoms with van der Waals surface area (Å²) in [5, 5.41) is 11.7. The van der Waals surface area contributed by atoms with Crippen LogP contribution in [0.1, 0.15) is 24.3 Å². The largest absolute Gasteiger partial charge is 0.421 e. The van der Waals surface area contributed by atoms with Crippen molar-refractivity contribution in [1.82, 2.24) is 15.5 Å². The summed E-state index contributed by atoms with van der Waals surface area (Å²) in [5.41, 5.74) is 2.13. The van der Waals surface area contributed by atoms with Crippen LogP contribution in [0.15, 0.2) is 27.1 Å². The van der Waals surface area contributed by atoms with Crippen molar-refractivity contribution in [3.8, 4) is 11.5 Å². The molecule has 1 aliphatic rings. The summed E-state index contributed by atoms with van der Waals surface area (Å²) in [6.07, 6.45) is 3.38. The van der Waals surface area contributed by atoms with E-state index in [0.717, 1.165) is 23.0 Å². The van der Waals surface area contributed by atoms with Crippen molar-refractivity contribution in [1.29, 1.82) is 0 Å². The van der Waals surface area contributed by atoms with Gasteiger partial charge >= 0.3 is 0 Å². The summed E-state index contributed by atoms with van der Waals surface area (Å²) >= 11 is 3.52. The first kappa shape index (κ1) is 12.8. The Bertz CT molecular complexity index is 578. The Labute approximate surface area is 120 Å². The van der Waals surface area contributed by atoms with Gasteiger partial charge in [0.05, 0.1) is 5.56 Å². The first-order valence-electron chi connectivity index (χ1n) is 6.54. The van der Waals surface area contributed by atoms with Crippen LogP contribution in [0.2, 0.25) is 0 Å². The summed E-state index contributed by atoms with van der Waals surface area (Å²) < 4.78 is 6.69. The fraction of sp³-hybridized carbons (Fsp3) is 0.429. The maximum atomic E-state index is 5.72. The van der Waals surface area contributed by atoms with Crippen molar-refractivity contribution in [2.24, 2.45) is 0 Å². The van der Waals surface area contributed by atoms with Crippen LogP contribution >= 0.6 is 15.9 Å². The molecule has 4 nitrogen and oxygen atoms in total. The average Bonchev–Trinajstić information content (AvgIpc) is 3.10. The minimum Gasteiger partial charge on any atom is -0.421 e. The molecular formula is C14H16BrN3O. The van der Waals surface area contributed by atoms with Crippen molar-refractivity contribution < 1.29 is 4.42 Å². The smallest absolute Gasteiger partial charge is 0.248 e. The molecule has 1 aromatic heterocycles. The lowest BCUT2D eigenvalue weighted by atomic mass is 10.1. The van der Waals surface area contributed by atoms with Gasteiger partial charge in [-0.2, -0.15) is 0 Å². The Morgan fingerprint density at radius 1 is 1.37 bits per heavy atom. The molecule has 1 fully saturated rings. The minimum atomic E-state index is 0.581. The van der Waals surface area contributed by atoms with Crippen LogP contribution in [0.5, 0.6) is 0 Å². The van der Waals surface area contributed by atoms with Gasteiger partial charge < -0.3 is 9.73 Å². The standard InChI is InChI=1S/C14H16BrN3O/c1-9-2-5-12(15)11(8-9)14-18-17-13(19-14)6-7-16-10-3-4-10/h2,5,8,10,16H,3-4,6-7H2,1H3. The molecule has 1 saturated carbocycles. The first-order valence-corrected chi connectivity index (χ1v) is 7.34. The van der Waals surface area contributed by atoms with Crippen LogP contribution < -0.4 is 5.32 Å². The number of aryl methyl sites for hydroxylation is 1. The number of nitrogens with one attached hydrogen (secondary N) is 1. The van der Waals surface area contributed by atoms with Crippen LogP contribution in [0.4, 0.5) is 0 Å². The summed E-state index contributed by atoms with van der Waals surface area (Å²) in [7, 11) is 0. The molecule has 0 saturated heterocycles. The van der Waals surface area contributed by atoms with Gasteiger partial charge in [0.1, 0.15) is 0 Å². The Kier molecular flexibility index (Phi) is 3.66. The Morgan fingerprint density at radius 2 is 2.21 bits per heavy atom. The number of hydrogen-bond donors (Lipinski definition) is 1. The van der Waals surface area contributed by atoms with Gasteiger partial charge in [0.2, 0.25) is 11.8 Å². The third kappa shape index (κ3) is 3.22. The van der Waals surface area contributed by atoms with Gasteiger partial charge in [0.25, 0.3) is 0 Å². The summed E-state index contributed by atoms with van der Waals surface area (Å²) in [6, 6.07) is 6.81. The van der Waals surface area contributed by atoms with E-state index in [1.807, 2.05) is 25.1 Å². The molecule has 19 heavy (non-hydrogen) atoms. The van der Waals surface area contributed by atoms with Crippen molar-refractivity contribution in [2.45, 2.75) is 32.2 Å². The first-order chi connectivity index (χ1) is 9.22. The molecule has 2 aromatic rings. The van der Waals surface area contributed by atoms with Crippen molar-refractivity contribution >= 4 is 15.9 Å². The van der Waals surface area contributed by atoms with Gasteiger partial charge in [-0.25, -0.2) is 0 Å². The molecule has 1 aromatic carbocycles. The van der Waals surface area contributed by atoms with E-state index < -0.39 is 0 Å². The zero-order valence-corrected chi connectivity index (χ0v) is 12.4. The van der Waals surface area contributed by atoms with E-state index in [1.165, 1.54) is 18.4 Å². The van der Waals surface area contributed by atoms with Crippen molar-refractivity contribution in [3.63, 3.8) is 0 Å².